The smallest absolute Gasteiger partial charge is 0.260 e. The molecule has 0 fully saturated rings. The third-order valence-corrected chi connectivity index (χ3v) is 5.39. The second-order valence-electron chi connectivity index (χ2n) is 7.18. The van der Waals surface area contributed by atoms with Crippen LogP contribution in [-0.4, -0.2) is 30.5 Å². The Hall–Kier alpha value is -4.20. The number of nitrogens with two attached hydrogens (primary N) is 1. The second kappa shape index (κ2) is 6.41. The highest BCUT2D eigenvalue weighted by molar-refractivity contribution is 6.18. The molecule has 8 heteroatoms. The minimum Gasteiger partial charge on any atom is -0.508 e. The van der Waals surface area contributed by atoms with Gasteiger partial charge in [-0.15, -0.1) is 0 Å². The molecule has 148 valence electrons. The molecule has 0 saturated carbocycles. The number of amides is 1. The lowest BCUT2D eigenvalue weighted by atomic mass is 10.1. The molecule has 3 aromatic heterocycles. The van der Waals surface area contributed by atoms with Crippen LogP contribution in [0.15, 0.2) is 43.0 Å². The topological polar surface area (TPSA) is 119 Å². The van der Waals surface area contributed by atoms with Crippen molar-refractivity contribution in [3.8, 4) is 11.4 Å². The van der Waals surface area contributed by atoms with Gasteiger partial charge in [-0.25, -0.2) is 9.97 Å². The molecular weight excluding hydrogens is 380 g/mol. The van der Waals surface area contributed by atoms with Crippen molar-refractivity contribution in [2.75, 3.05) is 5.73 Å². The number of hydrogen-bond acceptors (Lipinski definition) is 6. The van der Waals surface area contributed by atoms with Crippen LogP contribution in [0.3, 0.4) is 0 Å². The Morgan fingerprint density at radius 3 is 2.63 bits per heavy atom. The quantitative estimate of drug-likeness (QED) is 0.478. The first-order valence-electron chi connectivity index (χ1n) is 9.35. The van der Waals surface area contributed by atoms with E-state index in [4.69, 9.17) is 5.73 Å². The first kappa shape index (κ1) is 17.9. The summed E-state index contributed by atoms with van der Waals surface area (Å²) in [6.07, 6.45) is 6.57. The van der Waals surface area contributed by atoms with E-state index in [1.54, 1.807) is 42.1 Å². The van der Waals surface area contributed by atoms with Gasteiger partial charge < -0.3 is 16.2 Å². The van der Waals surface area contributed by atoms with Crippen LogP contribution in [0.1, 0.15) is 32.7 Å². The molecule has 8 nitrogen and oxygen atoms in total. The fourth-order valence-corrected chi connectivity index (χ4v) is 3.93. The summed E-state index contributed by atoms with van der Waals surface area (Å²) in [4.78, 5) is 26.1. The van der Waals surface area contributed by atoms with Crippen LogP contribution in [0.25, 0.3) is 28.5 Å². The van der Waals surface area contributed by atoms with E-state index >= 15 is 0 Å². The highest BCUT2D eigenvalue weighted by Crippen LogP contribution is 2.38. The number of phenols is 1. The van der Waals surface area contributed by atoms with Crippen LogP contribution in [0.2, 0.25) is 0 Å². The standard InChI is InChI=1S/C22H18N6O2/c1-11-3-4-16(29)12(2)19(11)28-20(23)18-17-15(25-10-26-21(17)28)9-14(27-22(18)30)13-5-7-24-8-6-13/h3-10,29H,23H2,1-2H3,(H,27,30). The van der Waals surface area contributed by atoms with Gasteiger partial charge in [0.15, 0.2) is 5.65 Å². The summed E-state index contributed by atoms with van der Waals surface area (Å²) >= 11 is 0. The molecule has 5 rings (SSSR count). The van der Waals surface area contributed by atoms with Gasteiger partial charge >= 0.3 is 0 Å². The Balaban J connectivity index is 1.85. The molecule has 0 bridgehead atoms. The molecule has 30 heavy (non-hydrogen) atoms. The van der Waals surface area contributed by atoms with E-state index in [-0.39, 0.29) is 17.5 Å². The lowest BCUT2D eigenvalue weighted by Gasteiger charge is -2.15. The van der Waals surface area contributed by atoms with Crippen molar-refractivity contribution in [3.63, 3.8) is 0 Å². The Kier molecular flexibility index (Phi) is 3.82. The monoisotopic (exact) mass is 398 g/mol. The highest BCUT2D eigenvalue weighted by Gasteiger charge is 2.29. The number of anilines is 1. The maximum Gasteiger partial charge on any atom is 0.260 e. The molecule has 1 amide bonds. The van der Waals surface area contributed by atoms with Crippen LogP contribution in [-0.2, 0) is 0 Å². The van der Waals surface area contributed by atoms with Gasteiger partial charge in [0.1, 0.15) is 17.9 Å². The zero-order valence-corrected chi connectivity index (χ0v) is 16.3. The van der Waals surface area contributed by atoms with Crippen molar-refractivity contribution < 1.29 is 9.90 Å². The number of nitrogens with zero attached hydrogens (tertiary/aromatic N) is 4. The molecule has 1 aliphatic rings. The number of nitrogen functional groups attached to an aromatic ring is 1. The summed E-state index contributed by atoms with van der Waals surface area (Å²) in [7, 11) is 0. The van der Waals surface area contributed by atoms with Crippen molar-refractivity contribution in [3.05, 3.63) is 70.9 Å². The number of aromatic nitrogens is 4. The largest absolute Gasteiger partial charge is 0.508 e. The first-order valence-corrected chi connectivity index (χ1v) is 9.35. The van der Waals surface area contributed by atoms with Crippen molar-refractivity contribution >= 4 is 34.5 Å². The van der Waals surface area contributed by atoms with Crippen molar-refractivity contribution in [1.29, 1.82) is 0 Å². The van der Waals surface area contributed by atoms with Gasteiger partial charge in [0.05, 0.1) is 28.0 Å². The van der Waals surface area contributed by atoms with E-state index in [1.165, 1.54) is 6.33 Å². The number of aryl methyl sites for hydroxylation is 1. The third-order valence-electron chi connectivity index (χ3n) is 5.39. The molecule has 0 radical (unpaired) electrons. The molecule has 4 aromatic rings. The number of nitrogens with one attached hydrogen (secondary N) is 1. The Morgan fingerprint density at radius 1 is 1.10 bits per heavy atom. The SMILES string of the molecule is Cc1ccc(O)c(C)c1-n1c(N)c2c3c(ncnc31)C=C(c1ccncc1)NC2=O. The van der Waals surface area contributed by atoms with Crippen LogP contribution in [0.4, 0.5) is 5.82 Å². The summed E-state index contributed by atoms with van der Waals surface area (Å²) in [5.41, 5.74) is 11.6. The van der Waals surface area contributed by atoms with Crippen LogP contribution < -0.4 is 11.1 Å². The zero-order valence-electron chi connectivity index (χ0n) is 16.3. The maximum absolute atomic E-state index is 13.2. The van der Waals surface area contributed by atoms with E-state index in [9.17, 15) is 9.90 Å². The Bertz CT molecular complexity index is 1370. The molecular formula is C22H18N6O2. The number of hydrogen-bond donors (Lipinski definition) is 3. The summed E-state index contributed by atoms with van der Waals surface area (Å²) in [6, 6.07) is 7.06. The van der Waals surface area contributed by atoms with Crippen LogP contribution >= 0.6 is 0 Å². The van der Waals surface area contributed by atoms with Gasteiger partial charge in [0, 0.05) is 23.5 Å². The van der Waals surface area contributed by atoms with Gasteiger partial charge in [-0.2, -0.15) is 0 Å². The molecule has 1 aromatic carbocycles. The van der Waals surface area contributed by atoms with Gasteiger partial charge in [0.2, 0.25) is 0 Å². The molecule has 0 spiro atoms. The predicted molar refractivity (Wildman–Crippen MR) is 114 cm³/mol. The Morgan fingerprint density at radius 2 is 1.87 bits per heavy atom. The number of phenolic OH excluding ortho intramolecular Hbond substituents is 1. The predicted octanol–water partition coefficient (Wildman–Crippen LogP) is 2.96. The van der Waals surface area contributed by atoms with Gasteiger partial charge in [-0.1, -0.05) is 6.07 Å². The molecule has 0 aliphatic carbocycles. The summed E-state index contributed by atoms with van der Waals surface area (Å²) in [5.74, 6) is 0.0397. The van der Waals surface area contributed by atoms with E-state index < -0.39 is 0 Å². The van der Waals surface area contributed by atoms with Crippen molar-refractivity contribution in [1.82, 2.24) is 24.8 Å². The lowest BCUT2D eigenvalue weighted by molar-refractivity contribution is 0.0976. The van der Waals surface area contributed by atoms with E-state index in [1.807, 2.05) is 19.1 Å². The fraction of sp³-hybridized carbons (Fsp3) is 0.0909. The van der Waals surface area contributed by atoms with Crippen molar-refractivity contribution in [2.45, 2.75) is 13.8 Å². The normalized spacial score (nSPS) is 13.1. The molecule has 0 unspecified atom stereocenters. The summed E-state index contributed by atoms with van der Waals surface area (Å²) in [6.45, 7) is 3.72. The van der Waals surface area contributed by atoms with E-state index in [2.05, 4.69) is 20.3 Å². The minimum atomic E-state index is -0.344. The van der Waals surface area contributed by atoms with Crippen LogP contribution in [0, 0.1) is 13.8 Å². The number of carbonyl (C=O) groups excluding carboxylic acids is 1. The van der Waals surface area contributed by atoms with Crippen LogP contribution in [0.5, 0.6) is 5.75 Å². The maximum atomic E-state index is 13.2. The number of carbonyl (C=O) groups is 1. The molecule has 0 atom stereocenters. The molecule has 4 heterocycles. The summed E-state index contributed by atoms with van der Waals surface area (Å²) < 4.78 is 1.71. The van der Waals surface area contributed by atoms with Gasteiger partial charge in [-0.05, 0) is 43.7 Å². The highest BCUT2D eigenvalue weighted by atomic mass is 16.3. The number of pyridine rings is 1. The molecule has 4 N–H and O–H groups in total. The average Bonchev–Trinajstić information content (AvgIpc) is 2.94. The summed E-state index contributed by atoms with van der Waals surface area (Å²) in [5, 5.41) is 13.8. The number of aromatic hydroxyl groups is 1. The lowest BCUT2D eigenvalue weighted by Crippen LogP contribution is -2.22. The molecule has 1 aliphatic heterocycles. The number of benzene rings is 1. The first-order chi connectivity index (χ1) is 14.5. The number of rotatable bonds is 2. The second-order valence-corrected chi connectivity index (χ2v) is 7.18. The minimum absolute atomic E-state index is 0.143. The van der Waals surface area contributed by atoms with E-state index in [0.29, 0.717) is 39.2 Å². The van der Waals surface area contributed by atoms with E-state index in [0.717, 1.165) is 11.1 Å². The van der Waals surface area contributed by atoms with Gasteiger partial charge in [0.25, 0.3) is 5.91 Å². The fourth-order valence-electron chi connectivity index (χ4n) is 3.93. The Labute approximate surface area is 171 Å². The third kappa shape index (κ3) is 2.47. The average molecular weight is 398 g/mol. The van der Waals surface area contributed by atoms with Crippen molar-refractivity contribution in [2.24, 2.45) is 0 Å². The zero-order chi connectivity index (χ0) is 21.0. The van der Waals surface area contributed by atoms with Gasteiger partial charge in [-0.3, -0.25) is 14.3 Å². The molecule has 0 saturated heterocycles.